The largest absolute Gasteiger partial charge is 0.481 e. The summed E-state index contributed by atoms with van der Waals surface area (Å²) in [6.07, 6.45) is 7.54. The minimum atomic E-state index is -0.642. The number of epoxide rings is 2. The van der Waals surface area contributed by atoms with Crippen molar-refractivity contribution < 1.29 is 19.4 Å². The van der Waals surface area contributed by atoms with Crippen LogP contribution in [0.5, 0.6) is 0 Å². The van der Waals surface area contributed by atoms with Crippen LogP contribution in [0.4, 0.5) is 0 Å². The van der Waals surface area contributed by atoms with Crippen LogP contribution in [0.1, 0.15) is 52.4 Å². The van der Waals surface area contributed by atoms with Gasteiger partial charge in [-0.1, -0.05) is 6.92 Å². The molecule has 2 saturated carbocycles. The summed E-state index contributed by atoms with van der Waals surface area (Å²) in [6.45, 7) is 4.25. The highest BCUT2D eigenvalue weighted by molar-refractivity contribution is 5.75. The third-order valence-corrected chi connectivity index (χ3v) is 6.40. The molecule has 4 aliphatic rings. The molecule has 0 bridgehead atoms. The molecule has 0 amide bonds. The molecule has 2 saturated heterocycles. The van der Waals surface area contributed by atoms with Gasteiger partial charge in [-0.25, -0.2) is 0 Å². The minimum Gasteiger partial charge on any atom is -0.481 e. The maximum atomic E-state index is 11.8. The van der Waals surface area contributed by atoms with E-state index in [1.165, 1.54) is 0 Å². The lowest BCUT2D eigenvalue weighted by atomic mass is 9.60. The van der Waals surface area contributed by atoms with Crippen LogP contribution in [0.15, 0.2) is 0 Å². The van der Waals surface area contributed by atoms with Gasteiger partial charge >= 0.3 is 5.97 Å². The van der Waals surface area contributed by atoms with E-state index in [1.54, 1.807) is 0 Å². The molecule has 0 aromatic heterocycles. The van der Waals surface area contributed by atoms with Crippen LogP contribution in [-0.4, -0.2) is 35.5 Å². The fourth-order valence-corrected chi connectivity index (χ4v) is 4.75. The Balaban J connectivity index is 1.54. The first-order chi connectivity index (χ1) is 9.41. The van der Waals surface area contributed by atoms with Crippen LogP contribution in [0.3, 0.4) is 0 Å². The van der Waals surface area contributed by atoms with Crippen LogP contribution < -0.4 is 0 Å². The predicted molar refractivity (Wildman–Crippen MR) is 72.4 cm³/mol. The molecule has 0 aromatic carbocycles. The third-order valence-electron chi connectivity index (χ3n) is 6.40. The molecule has 0 spiro atoms. The van der Waals surface area contributed by atoms with Gasteiger partial charge in [-0.3, -0.25) is 4.79 Å². The predicted octanol–water partition coefficient (Wildman–Crippen LogP) is 2.60. The Morgan fingerprint density at radius 3 is 2.60 bits per heavy atom. The Hall–Kier alpha value is -0.610. The van der Waals surface area contributed by atoms with Crippen molar-refractivity contribution in [2.24, 2.45) is 16.7 Å². The molecular weight excluding hydrogens is 256 g/mol. The second-order valence-corrected chi connectivity index (χ2v) is 7.98. The number of carbonyl (C=O) groups is 1. The number of aliphatic carboxylic acids is 1. The summed E-state index contributed by atoms with van der Waals surface area (Å²) in [7, 11) is 0. The summed E-state index contributed by atoms with van der Waals surface area (Å²) in [4.78, 5) is 11.8. The Kier molecular flexibility index (Phi) is 2.60. The smallest absolute Gasteiger partial charge is 0.309 e. The molecule has 4 rings (SSSR count). The van der Waals surface area contributed by atoms with Crippen molar-refractivity contribution in [3.63, 3.8) is 0 Å². The number of ether oxygens (including phenoxy) is 2. The number of fused-ring (bicyclic) bond motifs is 2. The first kappa shape index (κ1) is 13.1. The van der Waals surface area contributed by atoms with Crippen LogP contribution in [0.25, 0.3) is 0 Å². The Morgan fingerprint density at radius 1 is 1.15 bits per heavy atom. The van der Waals surface area contributed by atoms with Gasteiger partial charge in [-0.15, -0.1) is 0 Å². The van der Waals surface area contributed by atoms with Crippen molar-refractivity contribution in [1.82, 2.24) is 0 Å². The molecular formula is C16H24O4. The molecule has 2 aliphatic carbocycles. The third kappa shape index (κ3) is 1.92. The fourth-order valence-electron chi connectivity index (χ4n) is 4.75. The molecule has 4 fully saturated rings. The van der Waals surface area contributed by atoms with Gasteiger partial charge in [0.1, 0.15) is 0 Å². The van der Waals surface area contributed by atoms with E-state index in [2.05, 4.69) is 6.92 Å². The standard InChI is InChI=1S/C16H24O4/c1-15(5-3-10-12(8-15)19-10)7-9-13-11(20-13)4-6-16(9,2)14(17)18/h9-13H,3-8H2,1-2H3,(H,17,18). The SMILES string of the molecule is CC1(CC2C3OC3CCC2(C)C(=O)O)CCC2OC2C1. The number of hydrogen-bond donors (Lipinski definition) is 1. The number of rotatable bonds is 3. The van der Waals surface area contributed by atoms with E-state index in [4.69, 9.17) is 9.47 Å². The molecule has 1 N–H and O–H groups in total. The van der Waals surface area contributed by atoms with E-state index < -0.39 is 11.4 Å². The van der Waals surface area contributed by atoms with Crippen molar-refractivity contribution in [3.8, 4) is 0 Å². The van der Waals surface area contributed by atoms with Crippen LogP contribution in [-0.2, 0) is 14.3 Å². The van der Waals surface area contributed by atoms with Gasteiger partial charge in [0.05, 0.1) is 29.8 Å². The monoisotopic (exact) mass is 280 g/mol. The maximum absolute atomic E-state index is 11.8. The lowest BCUT2D eigenvalue weighted by Crippen LogP contribution is -2.45. The Bertz CT molecular complexity index is 450. The van der Waals surface area contributed by atoms with E-state index in [0.29, 0.717) is 18.3 Å². The van der Waals surface area contributed by atoms with Gasteiger partial charge in [0, 0.05) is 5.92 Å². The Morgan fingerprint density at radius 2 is 1.90 bits per heavy atom. The molecule has 4 heteroatoms. The van der Waals surface area contributed by atoms with Crippen LogP contribution in [0, 0.1) is 16.7 Å². The molecule has 112 valence electrons. The van der Waals surface area contributed by atoms with Crippen molar-refractivity contribution in [2.75, 3.05) is 0 Å². The molecule has 7 atom stereocenters. The zero-order valence-electron chi connectivity index (χ0n) is 12.3. The summed E-state index contributed by atoms with van der Waals surface area (Å²) >= 11 is 0. The van der Waals surface area contributed by atoms with Crippen molar-refractivity contribution in [1.29, 1.82) is 0 Å². The van der Waals surface area contributed by atoms with E-state index in [9.17, 15) is 9.90 Å². The van der Waals surface area contributed by atoms with Gasteiger partial charge in [0.2, 0.25) is 0 Å². The second-order valence-electron chi connectivity index (χ2n) is 7.98. The van der Waals surface area contributed by atoms with Crippen LogP contribution in [0.2, 0.25) is 0 Å². The normalized spacial score (nSPS) is 56.6. The number of carboxylic acids is 1. The van der Waals surface area contributed by atoms with E-state index in [0.717, 1.165) is 38.5 Å². The zero-order valence-corrected chi connectivity index (χ0v) is 12.3. The molecule has 2 aliphatic heterocycles. The lowest BCUT2D eigenvalue weighted by Gasteiger charge is -2.42. The number of hydrogen-bond acceptors (Lipinski definition) is 3. The molecule has 0 aromatic rings. The lowest BCUT2D eigenvalue weighted by molar-refractivity contribution is -0.154. The molecule has 7 unspecified atom stereocenters. The summed E-state index contributed by atoms with van der Waals surface area (Å²) < 4.78 is 11.4. The fraction of sp³-hybridized carbons (Fsp3) is 0.938. The van der Waals surface area contributed by atoms with Crippen molar-refractivity contribution >= 4 is 5.97 Å². The first-order valence-corrected chi connectivity index (χ1v) is 7.96. The highest BCUT2D eigenvalue weighted by Crippen LogP contribution is 2.57. The van der Waals surface area contributed by atoms with E-state index in [1.807, 2.05) is 6.92 Å². The average Bonchev–Trinajstić information content (AvgIpc) is 3.25. The summed E-state index contributed by atoms with van der Waals surface area (Å²) in [6, 6.07) is 0. The molecule has 2 heterocycles. The molecule has 0 radical (unpaired) electrons. The quantitative estimate of drug-likeness (QED) is 0.807. The summed E-state index contributed by atoms with van der Waals surface area (Å²) in [5, 5.41) is 9.70. The summed E-state index contributed by atoms with van der Waals surface area (Å²) in [5.41, 5.74) is -0.380. The average molecular weight is 280 g/mol. The summed E-state index contributed by atoms with van der Waals surface area (Å²) in [5.74, 6) is -0.476. The minimum absolute atomic E-state index is 0.166. The Labute approximate surface area is 119 Å². The van der Waals surface area contributed by atoms with Gasteiger partial charge in [-0.05, 0) is 50.9 Å². The highest BCUT2D eigenvalue weighted by atomic mass is 16.6. The first-order valence-electron chi connectivity index (χ1n) is 7.96. The van der Waals surface area contributed by atoms with Gasteiger partial charge in [0.25, 0.3) is 0 Å². The van der Waals surface area contributed by atoms with Crippen molar-refractivity contribution in [2.45, 2.75) is 76.8 Å². The van der Waals surface area contributed by atoms with Gasteiger partial charge < -0.3 is 14.6 Å². The van der Waals surface area contributed by atoms with Gasteiger partial charge in [-0.2, -0.15) is 0 Å². The van der Waals surface area contributed by atoms with Crippen molar-refractivity contribution in [3.05, 3.63) is 0 Å². The molecule has 4 nitrogen and oxygen atoms in total. The number of carboxylic acid groups (broad SMARTS) is 1. The zero-order chi connectivity index (χ0) is 14.1. The maximum Gasteiger partial charge on any atom is 0.309 e. The van der Waals surface area contributed by atoms with Gasteiger partial charge in [0.15, 0.2) is 0 Å². The van der Waals surface area contributed by atoms with E-state index in [-0.39, 0.29) is 17.4 Å². The van der Waals surface area contributed by atoms with E-state index >= 15 is 0 Å². The topological polar surface area (TPSA) is 62.4 Å². The second kappa shape index (κ2) is 3.98. The van der Waals surface area contributed by atoms with Crippen LogP contribution >= 0.6 is 0 Å². The highest BCUT2D eigenvalue weighted by Gasteiger charge is 2.61. The molecule has 20 heavy (non-hydrogen) atoms.